The van der Waals surface area contributed by atoms with Crippen molar-refractivity contribution in [2.45, 2.75) is 0 Å². The molecule has 0 saturated heterocycles. The van der Waals surface area contributed by atoms with Crippen molar-refractivity contribution in [3.63, 3.8) is 0 Å². The van der Waals surface area contributed by atoms with Gasteiger partial charge in [0.2, 0.25) is 0 Å². The minimum atomic E-state index is 0.499. The van der Waals surface area contributed by atoms with Gasteiger partial charge >= 0.3 is 0 Å². The molecule has 3 heterocycles. The molecule has 3 aromatic heterocycles. The second-order valence-corrected chi connectivity index (χ2v) is 4.16. The predicted molar refractivity (Wildman–Crippen MR) is 61.0 cm³/mol. The Bertz CT molecular complexity index is 676. The Balaban J connectivity index is 2.36. The molecule has 0 N–H and O–H groups in total. The molecule has 0 atom stereocenters. The van der Waals surface area contributed by atoms with Crippen LogP contribution in [0.1, 0.15) is 5.56 Å². The molecule has 0 amide bonds. The molecule has 3 rings (SSSR count). The number of hydrogen-bond acceptors (Lipinski definition) is 4. The molecule has 0 unspecified atom stereocenters. The molecule has 0 aliphatic heterocycles. The predicted octanol–water partition coefficient (Wildman–Crippen LogP) is 2.33. The molecule has 0 aliphatic carbocycles. The molecule has 0 aromatic carbocycles. The largest absolute Gasteiger partial charge is 0.236 e. The highest BCUT2D eigenvalue weighted by Gasteiger charge is 2.09. The van der Waals surface area contributed by atoms with Gasteiger partial charge in [-0.3, -0.25) is 0 Å². The highest BCUT2D eigenvalue weighted by Crippen LogP contribution is 2.24. The first-order valence-electron chi connectivity index (χ1n) is 4.67. The molecular formula is C11H6N4S. The third kappa shape index (κ3) is 1.21. The van der Waals surface area contributed by atoms with Gasteiger partial charge in [0.15, 0.2) is 5.65 Å². The van der Waals surface area contributed by atoms with Gasteiger partial charge in [0.25, 0.3) is 0 Å². The van der Waals surface area contributed by atoms with E-state index in [0.717, 1.165) is 10.6 Å². The van der Waals surface area contributed by atoms with E-state index >= 15 is 0 Å². The minimum absolute atomic E-state index is 0.499. The number of aromatic nitrogens is 3. The number of fused-ring (bicyclic) bond motifs is 1. The van der Waals surface area contributed by atoms with Crippen LogP contribution in [0.15, 0.2) is 36.0 Å². The van der Waals surface area contributed by atoms with Crippen LogP contribution >= 0.6 is 11.3 Å². The van der Waals surface area contributed by atoms with Crippen LogP contribution in [0, 0.1) is 11.3 Å². The summed E-state index contributed by atoms with van der Waals surface area (Å²) in [6.45, 7) is 0. The quantitative estimate of drug-likeness (QED) is 0.640. The normalized spacial score (nSPS) is 10.4. The Labute approximate surface area is 95.4 Å². The topological polar surface area (TPSA) is 54.0 Å². The number of rotatable bonds is 1. The van der Waals surface area contributed by atoms with Crippen LogP contribution in [0.25, 0.3) is 16.2 Å². The molecule has 3 aromatic rings. The Hall–Kier alpha value is -2.19. The van der Waals surface area contributed by atoms with Crippen molar-refractivity contribution >= 4 is 17.0 Å². The van der Waals surface area contributed by atoms with Gasteiger partial charge in [-0.2, -0.15) is 10.4 Å². The van der Waals surface area contributed by atoms with E-state index in [-0.39, 0.29) is 0 Å². The van der Waals surface area contributed by atoms with Crippen LogP contribution in [0.5, 0.6) is 0 Å². The minimum Gasteiger partial charge on any atom is -0.236 e. The monoisotopic (exact) mass is 226 g/mol. The van der Waals surface area contributed by atoms with E-state index in [1.54, 1.807) is 28.2 Å². The smallest absolute Gasteiger partial charge is 0.173 e. The Kier molecular flexibility index (Phi) is 1.95. The van der Waals surface area contributed by atoms with Crippen molar-refractivity contribution < 1.29 is 0 Å². The highest BCUT2D eigenvalue weighted by molar-refractivity contribution is 7.13. The maximum absolute atomic E-state index is 8.91. The number of nitriles is 1. The van der Waals surface area contributed by atoms with Gasteiger partial charge in [0, 0.05) is 6.20 Å². The molecule has 0 saturated carbocycles. The van der Waals surface area contributed by atoms with Crippen molar-refractivity contribution in [1.29, 1.82) is 5.26 Å². The van der Waals surface area contributed by atoms with Gasteiger partial charge in [-0.1, -0.05) is 6.07 Å². The van der Waals surface area contributed by atoms with Gasteiger partial charge in [0.1, 0.15) is 11.6 Å². The number of nitrogens with zero attached hydrogens (tertiary/aromatic N) is 4. The molecule has 76 valence electrons. The van der Waals surface area contributed by atoms with Gasteiger partial charge < -0.3 is 0 Å². The fourth-order valence-corrected chi connectivity index (χ4v) is 2.32. The van der Waals surface area contributed by atoms with Gasteiger partial charge in [-0.25, -0.2) is 9.50 Å². The zero-order valence-corrected chi connectivity index (χ0v) is 8.98. The van der Waals surface area contributed by atoms with Gasteiger partial charge in [-0.15, -0.1) is 11.3 Å². The maximum atomic E-state index is 8.91. The van der Waals surface area contributed by atoms with Crippen LogP contribution in [0.3, 0.4) is 0 Å². The summed E-state index contributed by atoms with van der Waals surface area (Å²) in [7, 11) is 0. The maximum Gasteiger partial charge on any atom is 0.173 e. The zero-order valence-electron chi connectivity index (χ0n) is 8.16. The lowest BCUT2D eigenvalue weighted by atomic mass is 10.3. The van der Waals surface area contributed by atoms with Gasteiger partial charge in [0.05, 0.1) is 16.8 Å². The molecule has 4 nitrogen and oxygen atoms in total. The molecule has 0 fully saturated rings. The second-order valence-electron chi connectivity index (χ2n) is 3.21. The lowest BCUT2D eigenvalue weighted by molar-refractivity contribution is 0.950. The van der Waals surface area contributed by atoms with E-state index in [2.05, 4.69) is 16.2 Å². The summed E-state index contributed by atoms with van der Waals surface area (Å²) in [4.78, 5) is 5.28. The van der Waals surface area contributed by atoms with Crippen molar-refractivity contribution in [3.05, 3.63) is 41.5 Å². The molecule has 16 heavy (non-hydrogen) atoms. The summed E-state index contributed by atoms with van der Waals surface area (Å²) in [5, 5.41) is 15.1. The number of hydrogen-bond donors (Lipinski definition) is 0. The lowest BCUT2D eigenvalue weighted by Gasteiger charge is -2.00. The Morgan fingerprint density at radius 3 is 3.06 bits per heavy atom. The van der Waals surface area contributed by atoms with Crippen LogP contribution in [0.4, 0.5) is 0 Å². The van der Waals surface area contributed by atoms with E-state index in [0.29, 0.717) is 11.2 Å². The second kappa shape index (κ2) is 3.43. The SMILES string of the molecule is N#Cc1cnn2c(-c3cccs3)ccnc12. The molecular weight excluding hydrogens is 220 g/mol. The Morgan fingerprint density at radius 1 is 1.38 bits per heavy atom. The summed E-state index contributed by atoms with van der Waals surface area (Å²) in [5.74, 6) is 0. The molecule has 0 radical (unpaired) electrons. The van der Waals surface area contributed by atoms with Crippen LogP contribution in [-0.2, 0) is 0 Å². The van der Waals surface area contributed by atoms with E-state index in [4.69, 9.17) is 5.26 Å². The first-order chi connectivity index (χ1) is 7.90. The fraction of sp³-hybridized carbons (Fsp3) is 0. The van der Waals surface area contributed by atoms with Crippen molar-refractivity contribution in [1.82, 2.24) is 14.6 Å². The molecule has 5 heteroatoms. The van der Waals surface area contributed by atoms with Crippen LogP contribution in [-0.4, -0.2) is 14.6 Å². The number of thiophene rings is 1. The van der Waals surface area contributed by atoms with Gasteiger partial charge in [-0.05, 0) is 17.5 Å². The van der Waals surface area contributed by atoms with E-state index < -0.39 is 0 Å². The van der Waals surface area contributed by atoms with E-state index in [1.807, 2.05) is 23.6 Å². The molecule has 0 aliphatic rings. The summed E-state index contributed by atoms with van der Waals surface area (Å²) in [6, 6.07) is 7.98. The third-order valence-electron chi connectivity index (χ3n) is 2.30. The Morgan fingerprint density at radius 2 is 2.31 bits per heavy atom. The van der Waals surface area contributed by atoms with Crippen molar-refractivity contribution in [2.75, 3.05) is 0 Å². The highest BCUT2D eigenvalue weighted by atomic mass is 32.1. The fourth-order valence-electron chi connectivity index (χ4n) is 1.58. The zero-order chi connectivity index (χ0) is 11.0. The molecule has 0 bridgehead atoms. The third-order valence-corrected chi connectivity index (χ3v) is 3.19. The standard InChI is InChI=1S/C11H6N4S/c12-6-8-7-14-15-9(3-4-13-11(8)15)10-2-1-5-16-10/h1-5,7H. The van der Waals surface area contributed by atoms with Crippen molar-refractivity contribution in [2.24, 2.45) is 0 Å². The van der Waals surface area contributed by atoms with E-state index in [9.17, 15) is 0 Å². The van der Waals surface area contributed by atoms with Crippen LogP contribution < -0.4 is 0 Å². The first kappa shape index (κ1) is 9.07. The average molecular weight is 226 g/mol. The van der Waals surface area contributed by atoms with Crippen molar-refractivity contribution in [3.8, 4) is 16.6 Å². The first-order valence-corrected chi connectivity index (χ1v) is 5.55. The average Bonchev–Trinajstić information content (AvgIpc) is 2.97. The van der Waals surface area contributed by atoms with Crippen LogP contribution in [0.2, 0.25) is 0 Å². The van der Waals surface area contributed by atoms with E-state index in [1.165, 1.54) is 0 Å². The summed E-state index contributed by atoms with van der Waals surface area (Å²) in [5.41, 5.74) is 2.06. The molecule has 0 spiro atoms. The summed E-state index contributed by atoms with van der Waals surface area (Å²) < 4.78 is 1.70. The lowest BCUT2D eigenvalue weighted by Crippen LogP contribution is -1.94. The summed E-state index contributed by atoms with van der Waals surface area (Å²) >= 11 is 1.64. The summed E-state index contributed by atoms with van der Waals surface area (Å²) in [6.07, 6.45) is 3.24.